The average molecular weight is 232 g/mol. The molecule has 0 saturated heterocycles. The molecule has 0 aliphatic carbocycles. The lowest BCUT2D eigenvalue weighted by Crippen LogP contribution is -1.84. The summed E-state index contributed by atoms with van der Waals surface area (Å²) < 4.78 is 0. The summed E-state index contributed by atoms with van der Waals surface area (Å²) in [5.74, 6) is 0.0660. The zero-order valence-electron chi connectivity index (χ0n) is 10.5. The first-order valence-corrected chi connectivity index (χ1v) is 5.41. The van der Waals surface area contributed by atoms with Gasteiger partial charge in [0.25, 0.3) is 0 Å². The topological polar surface area (TPSA) is 40.5 Å². The Morgan fingerprint density at radius 2 is 1.18 bits per heavy atom. The van der Waals surface area contributed by atoms with Gasteiger partial charge in [0.15, 0.2) is 0 Å². The van der Waals surface area contributed by atoms with Crippen LogP contribution in [0.2, 0.25) is 0 Å². The molecule has 0 fully saturated rings. The van der Waals surface area contributed by atoms with E-state index in [1.165, 1.54) is 0 Å². The molecule has 2 nitrogen and oxygen atoms in total. The van der Waals surface area contributed by atoms with Gasteiger partial charge in [-0.1, -0.05) is 37.5 Å². The minimum atomic E-state index is 0.0330. The van der Waals surface area contributed by atoms with E-state index in [9.17, 15) is 0 Å². The third kappa shape index (κ3) is 7.91. The zero-order chi connectivity index (χ0) is 13.3. The van der Waals surface area contributed by atoms with Gasteiger partial charge in [0.2, 0.25) is 0 Å². The molecule has 0 amide bonds. The van der Waals surface area contributed by atoms with Crippen LogP contribution in [0.4, 0.5) is 0 Å². The van der Waals surface area contributed by atoms with Crippen molar-refractivity contribution in [3.8, 4) is 0 Å². The van der Waals surface area contributed by atoms with Crippen molar-refractivity contribution in [3.05, 3.63) is 72.3 Å². The number of aliphatic hydroxyl groups excluding tert-OH is 2. The summed E-state index contributed by atoms with van der Waals surface area (Å²) in [6.07, 6.45) is 11.4. The molecule has 0 rings (SSSR count). The molecular formula is C15H20O2. The Morgan fingerprint density at radius 1 is 0.824 bits per heavy atom. The molecule has 2 heteroatoms. The molecule has 0 radical (unpaired) electrons. The van der Waals surface area contributed by atoms with Crippen molar-refractivity contribution in [2.24, 2.45) is 0 Å². The molecule has 0 heterocycles. The van der Waals surface area contributed by atoms with Crippen LogP contribution in [0.25, 0.3) is 0 Å². The van der Waals surface area contributed by atoms with E-state index < -0.39 is 0 Å². The van der Waals surface area contributed by atoms with Gasteiger partial charge in [-0.2, -0.15) is 0 Å². The van der Waals surface area contributed by atoms with E-state index in [0.717, 1.165) is 17.6 Å². The number of hydrogen-bond donors (Lipinski definition) is 2. The molecule has 92 valence electrons. The van der Waals surface area contributed by atoms with Gasteiger partial charge in [0.1, 0.15) is 11.5 Å². The third-order valence-electron chi connectivity index (χ3n) is 2.13. The van der Waals surface area contributed by atoms with Gasteiger partial charge >= 0.3 is 0 Å². The largest absolute Gasteiger partial charge is 0.509 e. The Morgan fingerprint density at radius 3 is 1.41 bits per heavy atom. The van der Waals surface area contributed by atoms with Crippen molar-refractivity contribution < 1.29 is 10.2 Å². The van der Waals surface area contributed by atoms with Crippen LogP contribution >= 0.6 is 0 Å². The Labute approximate surface area is 103 Å². The van der Waals surface area contributed by atoms with Crippen LogP contribution < -0.4 is 0 Å². The highest BCUT2D eigenvalue weighted by Crippen LogP contribution is 2.14. The fourth-order valence-electron chi connectivity index (χ4n) is 1.16. The smallest absolute Gasteiger partial charge is 0.108 e. The fraction of sp³-hybridized carbons (Fsp3) is 0.200. The molecule has 0 aromatic carbocycles. The SMILES string of the molecule is C=C(O)/C=C\C(=C/C)CC(/C=C\C(=C)O)=C/C. The lowest BCUT2D eigenvalue weighted by atomic mass is 10.0. The molecule has 0 unspecified atom stereocenters. The zero-order valence-corrected chi connectivity index (χ0v) is 10.5. The van der Waals surface area contributed by atoms with Crippen molar-refractivity contribution in [1.29, 1.82) is 0 Å². The Bertz CT molecular complexity index is 355. The van der Waals surface area contributed by atoms with Crippen LogP contribution in [0, 0.1) is 0 Å². The van der Waals surface area contributed by atoms with Crippen LogP contribution in [0.3, 0.4) is 0 Å². The number of aliphatic hydroxyl groups is 2. The molecular weight excluding hydrogens is 212 g/mol. The molecule has 0 aromatic rings. The van der Waals surface area contributed by atoms with E-state index in [2.05, 4.69) is 13.2 Å². The van der Waals surface area contributed by atoms with Crippen molar-refractivity contribution in [3.63, 3.8) is 0 Å². The maximum Gasteiger partial charge on any atom is 0.108 e. The fourth-order valence-corrected chi connectivity index (χ4v) is 1.16. The standard InChI is InChI=1S/C15H20O2/c1-5-14(9-7-12(3)16)11-15(6-2)10-8-13(4)17/h5-10,16-17H,3-4,11H2,1-2H3/b9-7-,10-8-,14-5+,15-6+. The maximum absolute atomic E-state index is 8.98. The molecule has 0 saturated carbocycles. The van der Waals surface area contributed by atoms with E-state index in [1.54, 1.807) is 12.2 Å². The minimum absolute atomic E-state index is 0.0330. The lowest BCUT2D eigenvalue weighted by Gasteiger charge is -2.03. The van der Waals surface area contributed by atoms with Crippen LogP contribution in [-0.2, 0) is 0 Å². The van der Waals surface area contributed by atoms with E-state index in [0.29, 0.717) is 0 Å². The molecule has 2 N–H and O–H groups in total. The Kier molecular flexibility index (Phi) is 7.27. The molecule has 17 heavy (non-hydrogen) atoms. The minimum Gasteiger partial charge on any atom is -0.509 e. The van der Waals surface area contributed by atoms with E-state index in [4.69, 9.17) is 10.2 Å². The van der Waals surface area contributed by atoms with Crippen LogP contribution in [0.1, 0.15) is 20.3 Å². The summed E-state index contributed by atoms with van der Waals surface area (Å²) in [4.78, 5) is 0. The second-order valence-electron chi connectivity index (χ2n) is 3.55. The number of hydrogen-bond acceptors (Lipinski definition) is 2. The summed E-state index contributed by atoms with van der Waals surface area (Å²) >= 11 is 0. The quantitative estimate of drug-likeness (QED) is 0.522. The Hall–Kier alpha value is -1.96. The lowest BCUT2D eigenvalue weighted by molar-refractivity contribution is 0.435. The highest BCUT2D eigenvalue weighted by atomic mass is 16.3. The highest BCUT2D eigenvalue weighted by Gasteiger charge is 1.96. The van der Waals surface area contributed by atoms with Gasteiger partial charge in [-0.3, -0.25) is 0 Å². The number of rotatable bonds is 6. The van der Waals surface area contributed by atoms with Gasteiger partial charge in [-0.05, 0) is 43.6 Å². The molecule has 0 atom stereocenters. The first kappa shape index (κ1) is 15.0. The van der Waals surface area contributed by atoms with Crippen molar-refractivity contribution in [1.82, 2.24) is 0 Å². The second-order valence-corrected chi connectivity index (χ2v) is 3.55. The first-order chi connectivity index (χ1) is 7.99. The first-order valence-electron chi connectivity index (χ1n) is 5.41. The predicted molar refractivity (Wildman–Crippen MR) is 73.9 cm³/mol. The average Bonchev–Trinajstić information content (AvgIpc) is 2.27. The van der Waals surface area contributed by atoms with E-state index in [1.807, 2.05) is 38.2 Å². The van der Waals surface area contributed by atoms with Crippen LogP contribution in [0.15, 0.2) is 72.3 Å². The third-order valence-corrected chi connectivity index (χ3v) is 2.13. The van der Waals surface area contributed by atoms with E-state index in [-0.39, 0.29) is 11.5 Å². The molecule has 0 aliphatic heterocycles. The second kappa shape index (κ2) is 8.22. The molecule has 0 aliphatic rings. The summed E-state index contributed by atoms with van der Waals surface area (Å²) in [5, 5.41) is 18.0. The predicted octanol–water partition coefficient (Wildman–Crippen LogP) is 4.52. The van der Waals surface area contributed by atoms with E-state index >= 15 is 0 Å². The van der Waals surface area contributed by atoms with Gasteiger partial charge < -0.3 is 10.2 Å². The molecule has 0 spiro atoms. The monoisotopic (exact) mass is 232 g/mol. The van der Waals surface area contributed by atoms with Gasteiger partial charge in [-0.15, -0.1) is 0 Å². The highest BCUT2D eigenvalue weighted by molar-refractivity contribution is 5.33. The summed E-state index contributed by atoms with van der Waals surface area (Å²) in [5.41, 5.74) is 2.11. The Balaban J connectivity index is 4.67. The maximum atomic E-state index is 8.98. The van der Waals surface area contributed by atoms with Gasteiger partial charge in [0.05, 0.1) is 0 Å². The van der Waals surface area contributed by atoms with Crippen LogP contribution in [-0.4, -0.2) is 10.2 Å². The van der Waals surface area contributed by atoms with Crippen molar-refractivity contribution >= 4 is 0 Å². The molecule has 0 aromatic heterocycles. The van der Waals surface area contributed by atoms with Crippen molar-refractivity contribution in [2.45, 2.75) is 20.3 Å². The normalized spacial score (nSPS) is 13.5. The summed E-state index contributed by atoms with van der Waals surface area (Å²) in [6.45, 7) is 10.6. The van der Waals surface area contributed by atoms with Gasteiger partial charge in [0, 0.05) is 0 Å². The van der Waals surface area contributed by atoms with Crippen molar-refractivity contribution in [2.75, 3.05) is 0 Å². The number of allylic oxidation sites excluding steroid dienone is 8. The van der Waals surface area contributed by atoms with Gasteiger partial charge in [-0.25, -0.2) is 0 Å². The van der Waals surface area contributed by atoms with Crippen LogP contribution in [0.5, 0.6) is 0 Å². The summed E-state index contributed by atoms with van der Waals surface area (Å²) in [6, 6.07) is 0. The molecule has 0 bridgehead atoms. The summed E-state index contributed by atoms with van der Waals surface area (Å²) in [7, 11) is 0.